The number of nitrogens with one attached hydrogen (secondary N) is 1. The van der Waals surface area contributed by atoms with E-state index in [4.69, 9.17) is 10.3 Å². The monoisotopic (exact) mass is 258 g/mol. The first kappa shape index (κ1) is 11.4. The highest BCUT2D eigenvalue weighted by Gasteiger charge is 2.32. The van der Waals surface area contributed by atoms with E-state index in [9.17, 15) is 4.79 Å². The van der Waals surface area contributed by atoms with Crippen LogP contribution in [-0.2, 0) is 4.74 Å². The molecule has 8 nitrogen and oxygen atoms in total. The summed E-state index contributed by atoms with van der Waals surface area (Å²) in [5.74, 6) is 0. The van der Waals surface area contributed by atoms with E-state index in [0.717, 1.165) is 16.6 Å². The third-order valence-electron chi connectivity index (χ3n) is 2.98. The van der Waals surface area contributed by atoms with Crippen LogP contribution in [0.5, 0.6) is 0 Å². The van der Waals surface area contributed by atoms with Crippen molar-refractivity contribution < 1.29 is 9.53 Å². The number of carbonyl (C=O) groups excluding carboxylic acids is 1. The highest BCUT2D eigenvalue weighted by Crippen LogP contribution is 2.28. The van der Waals surface area contributed by atoms with E-state index in [-0.39, 0.29) is 6.54 Å². The fourth-order valence-electron chi connectivity index (χ4n) is 2.13. The highest BCUT2D eigenvalue weighted by atomic mass is 16.6. The van der Waals surface area contributed by atoms with Gasteiger partial charge in [-0.1, -0.05) is 11.2 Å². The summed E-state index contributed by atoms with van der Waals surface area (Å²) in [6.45, 7) is 0.502. The Kier molecular flexibility index (Phi) is 2.70. The summed E-state index contributed by atoms with van der Waals surface area (Å²) < 4.78 is 5.15. The maximum Gasteiger partial charge on any atom is 0.414 e. The number of benzene rings is 1. The van der Waals surface area contributed by atoms with Crippen molar-refractivity contribution in [3.05, 3.63) is 34.8 Å². The molecule has 8 heteroatoms. The lowest BCUT2D eigenvalue weighted by atomic mass is 10.2. The van der Waals surface area contributed by atoms with Gasteiger partial charge >= 0.3 is 6.09 Å². The van der Waals surface area contributed by atoms with Gasteiger partial charge in [-0.25, -0.2) is 4.79 Å². The zero-order chi connectivity index (χ0) is 13.2. The van der Waals surface area contributed by atoms with E-state index in [1.165, 1.54) is 4.90 Å². The molecular formula is C11H10N6O2. The topological polar surface area (TPSA) is 107 Å². The van der Waals surface area contributed by atoms with Crippen molar-refractivity contribution in [2.45, 2.75) is 6.10 Å². The molecule has 2 aromatic rings. The van der Waals surface area contributed by atoms with Gasteiger partial charge in [-0.15, -0.1) is 0 Å². The largest absolute Gasteiger partial charge is 0.444 e. The van der Waals surface area contributed by atoms with Crippen LogP contribution >= 0.6 is 0 Å². The molecule has 19 heavy (non-hydrogen) atoms. The summed E-state index contributed by atoms with van der Waals surface area (Å²) in [6.07, 6.45) is 0.816. The number of H-pyrrole nitrogens is 1. The molecule has 0 aliphatic carbocycles. The number of ether oxygens (including phenoxy) is 1. The number of hydrogen-bond acceptors (Lipinski definition) is 4. The third-order valence-corrected chi connectivity index (χ3v) is 2.98. The summed E-state index contributed by atoms with van der Waals surface area (Å²) in [4.78, 5) is 16.0. The number of aromatic amines is 1. The van der Waals surface area contributed by atoms with Crippen molar-refractivity contribution >= 4 is 22.7 Å². The van der Waals surface area contributed by atoms with Crippen LogP contribution in [0, 0.1) is 0 Å². The van der Waals surface area contributed by atoms with Crippen molar-refractivity contribution in [1.29, 1.82) is 0 Å². The number of hydrogen-bond donors (Lipinski definition) is 1. The summed E-state index contributed by atoms with van der Waals surface area (Å²) in [7, 11) is 0. The molecule has 0 spiro atoms. The molecule has 2 heterocycles. The molecule has 0 bridgehead atoms. The van der Waals surface area contributed by atoms with Crippen molar-refractivity contribution in [2.24, 2.45) is 5.11 Å². The second-order valence-electron chi connectivity index (χ2n) is 4.14. The Morgan fingerprint density at radius 2 is 2.53 bits per heavy atom. The van der Waals surface area contributed by atoms with Crippen LogP contribution in [-0.4, -0.2) is 35.5 Å². The zero-order valence-electron chi connectivity index (χ0n) is 9.85. The second-order valence-corrected chi connectivity index (χ2v) is 4.14. The lowest BCUT2D eigenvalue weighted by Gasteiger charge is -2.13. The average Bonchev–Trinajstić information content (AvgIpc) is 3.02. The van der Waals surface area contributed by atoms with Gasteiger partial charge in [0.15, 0.2) is 0 Å². The summed E-state index contributed by atoms with van der Waals surface area (Å²) in [6, 6.07) is 5.55. The molecule has 1 amide bonds. The minimum absolute atomic E-state index is 0.139. The highest BCUT2D eigenvalue weighted by molar-refractivity contribution is 6.01. The Labute approximate surface area is 107 Å². The van der Waals surface area contributed by atoms with Gasteiger partial charge in [0.25, 0.3) is 0 Å². The van der Waals surface area contributed by atoms with Gasteiger partial charge < -0.3 is 4.74 Å². The molecule has 1 unspecified atom stereocenters. The number of rotatable bonds is 3. The Morgan fingerprint density at radius 3 is 3.37 bits per heavy atom. The fraction of sp³-hybridized carbons (Fsp3) is 0.273. The first-order valence-corrected chi connectivity index (χ1v) is 5.70. The van der Waals surface area contributed by atoms with Crippen LogP contribution in [0.4, 0.5) is 10.5 Å². The lowest BCUT2D eigenvalue weighted by Crippen LogP contribution is -2.25. The van der Waals surface area contributed by atoms with E-state index < -0.39 is 12.2 Å². The lowest BCUT2D eigenvalue weighted by molar-refractivity contribution is 0.145. The minimum atomic E-state index is -0.438. The van der Waals surface area contributed by atoms with Crippen LogP contribution in [0.2, 0.25) is 0 Å². The summed E-state index contributed by atoms with van der Waals surface area (Å²) in [5.41, 5.74) is 9.87. The molecule has 1 fully saturated rings. The summed E-state index contributed by atoms with van der Waals surface area (Å²) >= 11 is 0. The zero-order valence-corrected chi connectivity index (χ0v) is 9.85. The van der Waals surface area contributed by atoms with E-state index in [0.29, 0.717) is 6.54 Å². The average molecular weight is 258 g/mol. The molecule has 1 atom stereocenters. The molecule has 0 saturated carbocycles. The number of carbonyl (C=O) groups is 1. The van der Waals surface area contributed by atoms with Crippen LogP contribution in [0.25, 0.3) is 21.3 Å². The van der Waals surface area contributed by atoms with Gasteiger partial charge in [0.05, 0.1) is 30.5 Å². The quantitative estimate of drug-likeness (QED) is 0.518. The molecule has 1 N–H and O–H groups in total. The van der Waals surface area contributed by atoms with Crippen LogP contribution in [0.1, 0.15) is 0 Å². The van der Waals surface area contributed by atoms with Gasteiger partial charge in [-0.05, 0) is 17.7 Å². The number of cyclic esters (lactones) is 1. The van der Waals surface area contributed by atoms with E-state index in [2.05, 4.69) is 20.2 Å². The van der Waals surface area contributed by atoms with Crippen molar-refractivity contribution in [2.75, 3.05) is 18.0 Å². The fourth-order valence-corrected chi connectivity index (χ4v) is 2.13. The van der Waals surface area contributed by atoms with Gasteiger partial charge in [-0.2, -0.15) is 5.10 Å². The van der Waals surface area contributed by atoms with E-state index in [1.54, 1.807) is 6.20 Å². The molecule has 1 aliphatic heterocycles. The van der Waals surface area contributed by atoms with Crippen LogP contribution in [0.15, 0.2) is 29.5 Å². The van der Waals surface area contributed by atoms with Crippen molar-refractivity contribution in [3.8, 4) is 0 Å². The SMILES string of the molecule is [N-]=[N+]=NCC1CN(c2cccc3[nH]ncc23)C(=O)O1. The Morgan fingerprint density at radius 1 is 1.63 bits per heavy atom. The minimum Gasteiger partial charge on any atom is -0.444 e. The first-order valence-electron chi connectivity index (χ1n) is 5.70. The van der Waals surface area contributed by atoms with Crippen molar-refractivity contribution in [3.63, 3.8) is 0 Å². The van der Waals surface area contributed by atoms with Crippen LogP contribution in [0.3, 0.4) is 0 Å². The normalized spacial score (nSPS) is 18.4. The first-order chi connectivity index (χ1) is 9.29. The second kappa shape index (κ2) is 4.51. The molecule has 3 rings (SSSR count). The maximum atomic E-state index is 11.9. The number of aromatic nitrogens is 2. The molecular weight excluding hydrogens is 248 g/mol. The smallest absolute Gasteiger partial charge is 0.414 e. The predicted octanol–water partition coefficient (Wildman–Crippen LogP) is 2.20. The maximum absolute atomic E-state index is 11.9. The predicted molar refractivity (Wildman–Crippen MR) is 67.7 cm³/mol. The molecule has 1 aromatic heterocycles. The number of azide groups is 1. The van der Waals surface area contributed by atoms with E-state index >= 15 is 0 Å². The number of amides is 1. The summed E-state index contributed by atoms with van der Waals surface area (Å²) in [5, 5.41) is 11.1. The standard InChI is InChI=1S/C11H10N6O2/c12-16-14-4-7-6-17(11(18)19-7)10-3-1-2-9-8(10)5-13-15-9/h1-3,5,7H,4,6H2,(H,13,15). The van der Waals surface area contributed by atoms with Gasteiger partial charge in [-0.3, -0.25) is 10.00 Å². The Bertz CT molecular complexity index is 675. The molecule has 96 valence electrons. The Hall–Kier alpha value is -2.73. The number of anilines is 1. The van der Waals surface area contributed by atoms with E-state index in [1.807, 2.05) is 18.2 Å². The molecule has 1 aromatic carbocycles. The molecule has 0 radical (unpaired) electrons. The van der Waals surface area contributed by atoms with Crippen molar-refractivity contribution in [1.82, 2.24) is 10.2 Å². The third kappa shape index (κ3) is 1.94. The van der Waals surface area contributed by atoms with Gasteiger partial charge in [0, 0.05) is 10.3 Å². The molecule has 1 saturated heterocycles. The van der Waals surface area contributed by atoms with Crippen LogP contribution < -0.4 is 4.90 Å². The molecule has 1 aliphatic rings. The Balaban J connectivity index is 1.92. The number of nitrogens with zero attached hydrogens (tertiary/aromatic N) is 5. The van der Waals surface area contributed by atoms with Gasteiger partial charge in [0.1, 0.15) is 6.10 Å². The van der Waals surface area contributed by atoms with Gasteiger partial charge in [0.2, 0.25) is 0 Å². The number of fused-ring (bicyclic) bond motifs is 1.